The molecule has 0 unspecified atom stereocenters. The van der Waals surface area contributed by atoms with Gasteiger partial charge in [-0.2, -0.15) is 0 Å². The maximum Gasteiger partial charge on any atom is 0.224 e. The highest BCUT2D eigenvalue weighted by atomic mass is 35.5. The Morgan fingerprint density at radius 1 is 1.00 bits per heavy atom. The summed E-state index contributed by atoms with van der Waals surface area (Å²) >= 11 is 0. The van der Waals surface area contributed by atoms with Crippen LogP contribution < -0.4 is 10.6 Å². The highest BCUT2D eigenvalue weighted by molar-refractivity contribution is 5.85. The van der Waals surface area contributed by atoms with Gasteiger partial charge in [-0.25, -0.2) is 0 Å². The van der Waals surface area contributed by atoms with Crippen molar-refractivity contribution in [1.82, 2.24) is 15.5 Å². The molecule has 6 heteroatoms. The predicted molar refractivity (Wildman–Crippen MR) is 78.5 cm³/mol. The van der Waals surface area contributed by atoms with Crippen molar-refractivity contribution in [1.29, 1.82) is 0 Å². The Bertz CT molecular complexity index is 267. The lowest BCUT2D eigenvalue weighted by atomic mass is 10.2. The van der Waals surface area contributed by atoms with Gasteiger partial charge < -0.3 is 15.5 Å². The maximum atomic E-state index is 11.9. The number of nitrogens with zero attached hydrogens (tertiary/aromatic N) is 1. The molecule has 1 aliphatic heterocycles. The number of likely N-dealkylation sites (tertiary alicyclic amines) is 1. The maximum absolute atomic E-state index is 11.9. The Labute approximate surface area is 121 Å². The van der Waals surface area contributed by atoms with Crippen molar-refractivity contribution in [2.75, 3.05) is 33.2 Å². The summed E-state index contributed by atoms with van der Waals surface area (Å²) < 4.78 is 0. The molecule has 5 nitrogen and oxygen atoms in total. The van der Waals surface area contributed by atoms with E-state index in [2.05, 4.69) is 10.6 Å². The van der Waals surface area contributed by atoms with E-state index in [-0.39, 0.29) is 24.2 Å². The average molecular weight is 292 g/mol. The number of rotatable bonds is 6. The third-order valence-electron chi connectivity index (χ3n) is 3.22. The van der Waals surface area contributed by atoms with Gasteiger partial charge in [-0.05, 0) is 19.9 Å². The zero-order valence-corrected chi connectivity index (χ0v) is 12.6. The summed E-state index contributed by atoms with van der Waals surface area (Å²) in [6, 6.07) is 0. The number of halogens is 1. The first-order chi connectivity index (χ1) is 8.74. The summed E-state index contributed by atoms with van der Waals surface area (Å²) in [5, 5.41) is 5.70. The molecule has 0 aromatic carbocycles. The Balaban J connectivity index is 0.00000324. The zero-order valence-electron chi connectivity index (χ0n) is 11.7. The van der Waals surface area contributed by atoms with Crippen molar-refractivity contribution in [3.05, 3.63) is 0 Å². The first kappa shape index (κ1) is 18.2. The summed E-state index contributed by atoms with van der Waals surface area (Å²) in [5.74, 6) is 0.179. The quantitative estimate of drug-likeness (QED) is 0.765. The second-order valence-corrected chi connectivity index (χ2v) is 4.75. The molecule has 0 aliphatic carbocycles. The van der Waals surface area contributed by atoms with E-state index in [9.17, 15) is 9.59 Å². The molecule has 19 heavy (non-hydrogen) atoms. The van der Waals surface area contributed by atoms with Gasteiger partial charge in [-0.1, -0.05) is 12.8 Å². The van der Waals surface area contributed by atoms with E-state index in [0.29, 0.717) is 25.9 Å². The molecule has 0 aromatic rings. The summed E-state index contributed by atoms with van der Waals surface area (Å²) in [6.45, 7) is 2.89. The fourth-order valence-corrected chi connectivity index (χ4v) is 2.11. The molecule has 112 valence electrons. The van der Waals surface area contributed by atoms with Crippen LogP contribution in [-0.4, -0.2) is 49.9 Å². The number of hydrogen-bond acceptors (Lipinski definition) is 3. The molecule has 0 aromatic heterocycles. The fourth-order valence-electron chi connectivity index (χ4n) is 2.11. The van der Waals surface area contributed by atoms with Crippen molar-refractivity contribution in [2.24, 2.45) is 0 Å². The van der Waals surface area contributed by atoms with Gasteiger partial charge in [0.2, 0.25) is 11.8 Å². The number of hydrogen-bond donors (Lipinski definition) is 2. The molecule has 0 bridgehead atoms. The number of carbonyl (C=O) groups excluding carboxylic acids is 2. The first-order valence-electron chi connectivity index (χ1n) is 6.93. The predicted octanol–water partition coefficient (Wildman–Crippen LogP) is 0.927. The lowest BCUT2D eigenvalue weighted by molar-refractivity contribution is -0.131. The van der Waals surface area contributed by atoms with Crippen LogP contribution in [0.15, 0.2) is 0 Å². The van der Waals surface area contributed by atoms with Gasteiger partial charge >= 0.3 is 0 Å². The molecule has 1 saturated heterocycles. The van der Waals surface area contributed by atoms with Crippen LogP contribution in [0.2, 0.25) is 0 Å². The molecular formula is C13H26ClN3O2. The van der Waals surface area contributed by atoms with Gasteiger partial charge in [0, 0.05) is 39.0 Å². The van der Waals surface area contributed by atoms with Gasteiger partial charge in [0.15, 0.2) is 0 Å². The van der Waals surface area contributed by atoms with Crippen LogP contribution in [0.1, 0.15) is 38.5 Å². The minimum Gasteiger partial charge on any atom is -0.356 e. The minimum atomic E-state index is 0. The van der Waals surface area contributed by atoms with Crippen molar-refractivity contribution in [3.8, 4) is 0 Å². The lowest BCUT2D eigenvalue weighted by Crippen LogP contribution is -2.35. The monoisotopic (exact) mass is 291 g/mol. The molecule has 0 atom stereocenters. The van der Waals surface area contributed by atoms with Crippen molar-refractivity contribution < 1.29 is 9.59 Å². The van der Waals surface area contributed by atoms with Crippen LogP contribution >= 0.6 is 12.4 Å². The van der Waals surface area contributed by atoms with E-state index in [0.717, 1.165) is 25.9 Å². The minimum absolute atomic E-state index is 0. The molecule has 0 saturated carbocycles. The molecular weight excluding hydrogens is 266 g/mol. The van der Waals surface area contributed by atoms with Crippen LogP contribution in [0.25, 0.3) is 0 Å². The molecule has 1 aliphatic rings. The second-order valence-electron chi connectivity index (χ2n) is 4.75. The summed E-state index contributed by atoms with van der Waals surface area (Å²) in [4.78, 5) is 25.2. The largest absolute Gasteiger partial charge is 0.356 e. The normalized spacial score (nSPS) is 15.3. The SMILES string of the molecule is CNCCC(=O)NCCC(=O)N1CCCCCC1.Cl. The van der Waals surface area contributed by atoms with E-state index in [4.69, 9.17) is 0 Å². The first-order valence-corrected chi connectivity index (χ1v) is 6.93. The Hall–Kier alpha value is -0.810. The topological polar surface area (TPSA) is 61.4 Å². The van der Waals surface area contributed by atoms with Gasteiger partial charge in [-0.3, -0.25) is 9.59 Å². The summed E-state index contributed by atoms with van der Waals surface area (Å²) in [7, 11) is 1.82. The van der Waals surface area contributed by atoms with Crippen LogP contribution in [0, 0.1) is 0 Å². The van der Waals surface area contributed by atoms with Gasteiger partial charge in [0.25, 0.3) is 0 Å². The Kier molecular flexibility index (Phi) is 10.6. The summed E-state index contributed by atoms with van der Waals surface area (Å²) in [6.07, 6.45) is 5.56. The van der Waals surface area contributed by atoms with E-state index in [1.807, 2.05) is 11.9 Å². The van der Waals surface area contributed by atoms with Gasteiger partial charge in [-0.15, -0.1) is 12.4 Å². The van der Waals surface area contributed by atoms with E-state index >= 15 is 0 Å². The van der Waals surface area contributed by atoms with Gasteiger partial charge in [0.1, 0.15) is 0 Å². The number of nitrogens with one attached hydrogen (secondary N) is 2. The van der Waals surface area contributed by atoms with E-state index in [1.54, 1.807) is 0 Å². The molecule has 1 rings (SSSR count). The standard InChI is InChI=1S/C13H25N3O2.ClH/c1-14-8-6-12(17)15-9-7-13(18)16-10-4-2-3-5-11-16;/h14H,2-11H2,1H3,(H,15,17);1H. The molecule has 0 spiro atoms. The molecule has 1 heterocycles. The third-order valence-corrected chi connectivity index (χ3v) is 3.22. The highest BCUT2D eigenvalue weighted by Gasteiger charge is 2.14. The molecule has 2 amide bonds. The number of amides is 2. The summed E-state index contributed by atoms with van der Waals surface area (Å²) in [5.41, 5.74) is 0. The second kappa shape index (κ2) is 11.1. The smallest absolute Gasteiger partial charge is 0.224 e. The molecule has 0 radical (unpaired) electrons. The van der Waals surface area contributed by atoms with E-state index < -0.39 is 0 Å². The molecule has 1 fully saturated rings. The van der Waals surface area contributed by atoms with Crippen molar-refractivity contribution >= 4 is 24.2 Å². The highest BCUT2D eigenvalue weighted by Crippen LogP contribution is 2.10. The van der Waals surface area contributed by atoms with Crippen molar-refractivity contribution in [2.45, 2.75) is 38.5 Å². The average Bonchev–Trinajstić information content (AvgIpc) is 2.65. The van der Waals surface area contributed by atoms with Crippen molar-refractivity contribution in [3.63, 3.8) is 0 Å². The Morgan fingerprint density at radius 2 is 1.63 bits per heavy atom. The van der Waals surface area contributed by atoms with Gasteiger partial charge in [0.05, 0.1) is 0 Å². The fraction of sp³-hybridized carbons (Fsp3) is 0.846. The van der Waals surface area contributed by atoms with Crippen LogP contribution in [0.4, 0.5) is 0 Å². The number of carbonyl (C=O) groups is 2. The zero-order chi connectivity index (χ0) is 13.2. The Morgan fingerprint density at radius 3 is 2.21 bits per heavy atom. The van der Waals surface area contributed by atoms with Crippen LogP contribution in [0.3, 0.4) is 0 Å². The molecule has 2 N–H and O–H groups in total. The lowest BCUT2D eigenvalue weighted by Gasteiger charge is -2.20. The van der Waals surface area contributed by atoms with E-state index in [1.165, 1.54) is 12.8 Å². The third kappa shape index (κ3) is 8.06. The van der Waals surface area contributed by atoms with Crippen LogP contribution in [0.5, 0.6) is 0 Å². The van der Waals surface area contributed by atoms with Crippen LogP contribution in [-0.2, 0) is 9.59 Å².